The average Bonchev–Trinajstić information content (AvgIpc) is 3.50. The Labute approximate surface area is 258 Å². The lowest BCUT2D eigenvalue weighted by Crippen LogP contribution is -2.70. The van der Waals surface area contributed by atoms with Crippen LogP contribution in [-0.2, 0) is 19.1 Å². The smallest absolute Gasteiger partial charge is 0.193 e. The normalized spacial score (nSPS) is 42.2. The van der Waals surface area contributed by atoms with Gasteiger partial charge in [0.05, 0.1) is 12.2 Å². The molecule has 10 atom stereocenters. The predicted molar refractivity (Wildman–Crippen MR) is 159 cm³/mol. The van der Waals surface area contributed by atoms with Gasteiger partial charge in [-0.15, -0.1) is 0 Å². The number of Topliss-reactive ketones (excluding diaryl/α,β-unsaturated/α-hetero) is 1. The lowest BCUT2D eigenvalue weighted by molar-refractivity contribution is -0.235. The number of nitrogen functional groups attached to an aromatic ring is 1. The molecular weight excluding hydrogens is 588 g/mol. The Bertz CT molecular complexity index is 1580. The summed E-state index contributed by atoms with van der Waals surface area (Å²) in [5.41, 5.74) is 0.520. The van der Waals surface area contributed by atoms with Gasteiger partial charge in [-0.1, -0.05) is 36.9 Å². The lowest BCUT2D eigenvalue weighted by atomic mass is 9.44. The molecule has 7 nitrogen and oxygen atoms in total. The monoisotopic (exact) mass is 623 g/mol. The summed E-state index contributed by atoms with van der Waals surface area (Å²) in [7, 11) is 0. The summed E-state index contributed by atoms with van der Waals surface area (Å²) in [6.45, 7) is 2.48. The van der Waals surface area contributed by atoms with Gasteiger partial charge in [-0.3, -0.25) is 9.59 Å². The van der Waals surface area contributed by atoms with Crippen molar-refractivity contribution in [3.63, 3.8) is 0 Å². The first-order chi connectivity index (χ1) is 20.9. The van der Waals surface area contributed by atoms with E-state index < -0.39 is 76.8 Å². The van der Waals surface area contributed by atoms with Crippen LogP contribution in [0.15, 0.2) is 82.1 Å². The fraction of sp³-hybridized carbons (Fsp3) is 0.471. The van der Waals surface area contributed by atoms with Gasteiger partial charge in [0, 0.05) is 37.8 Å². The number of anilines is 1. The standard InChI is InChI=1S/C34H35F2NO6S/c1-31-12-11-20(39)13-25(31)26(35)14-24-23-15-29-34(28(41)17-38,32(23,2)16-27(40)33(24,31)36)43-30(42-29)18-3-7-21(8-4-18)44-22-9-5-19(37)6-10-22/h3-13,23-24,26-27,29-30,38,40H,14-17,37H2,1-2H3/t23?,24-,26-,27-,29+,30-,31-,32-,33-,34+/m0/s1. The fourth-order valence-corrected chi connectivity index (χ4v) is 9.90. The van der Waals surface area contributed by atoms with Crippen molar-refractivity contribution in [1.29, 1.82) is 0 Å². The molecule has 3 saturated carbocycles. The molecule has 1 heterocycles. The highest BCUT2D eigenvalue weighted by atomic mass is 32.2. The molecule has 2 aromatic rings. The molecule has 1 unspecified atom stereocenters. The highest BCUT2D eigenvalue weighted by molar-refractivity contribution is 7.99. The molecule has 0 amide bonds. The summed E-state index contributed by atoms with van der Waals surface area (Å²) in [6, 6.07) is 15.1. The van der Waals surface area contributed by atoms with E-state index in [0.29, 0.717) is 11.3 Å². The molecule has 0 aromatic heterocycles. The van der Waals surface area contributed by atoms with E-state index >= 15 is 8.78 Å². The zero-order chi connectivity index (χ0) is 31.2. The highest BCUT2D eigenvalue weighted by Gasteiger charge is 2.80. The van der Waals surface area contributed by atoms with E-state index in [0.717, 1.165) is 15.9 Å². The van der Waals surface area contributed by atoms with E-state index in [9.17, 15) is 19.8 Å². The number of allylic oxidation sites excluding steroid dienone is 4. The number of benzene rings is 2. The van der Waals surface area contributed by atoms with Crippen molar-refractivity contribution in [3.8, 4) is 0 Å². The SMILES string of the molecule is C[C@]12C=CC(=O)C=C1[C@@H](F)C[C@H]1C3C[C@H]4O[C@H](c5ccc(Sc6ccc(N)cc6)cc5)O[C@@]4(C(=O)CO)[C@@]3(C)C[C@H](O)[C@@]12F. The van der Waals surface area contributed by atoms with Crippen LogP contribution in [0.25, 0.3) is 0 Å². The largest absolute Gasteiger partial charge is 0.399 e. The summed E-state index contributed by atoms with van der Waals surface area (Å²) >= 11 is 1.56. The predicted octanol–water partition coefficient (Wildman–Crippen LogP) is 5.06. The molecular formula is C34H35F2NO6S. The Hall–Kier alpha value is -2.89. The molecule has 44 heavy (non-hydrogen) atoms. The maximum Gasteiger partial charge on any atom is 0.193 e. The first-order valence-corrected chi connectivity index (χ1v) is 15.8. The van der Waals surface area contributed by atoms with Crippen molar-refractivity contribution in [2.75, 3.05) is 12.3 Å². The van der Waals surface area contributed by atoms with E-state index in [1.165, 1.54) is 19.1 Å². The first kappa shape index (κ1) is 29.8. The third-order valence-electron chi connectivity index (χ3n) is 11.2. The zero-order valence-electron chi connectivity index (χ0n) is 24.4. The number of halogens is 2. The van der Waals surface area contributed by atoms with Crippen LogP contribution < -0.4 is 5.73 Å². The quantitative estimate of drug-likeness (QED) is 0.396. The number of aliphatic hydroxyl groups is 2. The van der Waals surface area contributed by atoms with E-state index in [4.69, 9.17) is 15.2 Å². The molecule has 0 spiro atoms. The third kappa shape index (κ3) is 3.87. The van der Waals surface area contributed by atoms with Gasteiger partial charge in [-0.2, -0.15) is 0 Å². The first-order valence-electron chi connectivity index (χ1n) is 14.9. The second kappa shape index (κ2) is 10.1. The minimum absolute atomic E-state index is 0.0383. The third-order valence-corrected chi connectivity index (χ3v) is 12.2. The number of carbonyl (C=O) groups excluding carboxylic acids is 2. The lowest BCUT2D eigenvalue weighted by Gasteiger charge is -2.63. The number of rotatable bonds is 5. The van der Waals surface area contributed by atoms with Crippen molar-refractivity contribution in [2.45, 2.75) is 78.8 Å². The maximum absolute atomic E-state index is 17.5. The second-order valence-corrected chi connectivity index (χ2v) is 14.4. The summed E-state index contributed by atoms with van der Waals surface area (Å²) in [4.78, 5) is 27.8. The number of ether oxygens (including phenoxy) is 2. The van der Waals surface area contributed by atoms with Crippen molar-refractivity contribution in [2.24, 2.45) is 22.7 Å². The number of ketones is 2. The van der Waals surface area contributed by atoms with Crippen molar-refractivity contribution in [3.05, 3.63) is 77.9 Å². The van der Waals surface area contributed by atoms with Gasteiger partial charge in [0.1, 0.15) is 12.8 Å². The average molecular weight is 624 g/mol. The number of aliphatic hydroxyl groups excluding tert-OH is 2. The Morgan fingerprint density at radius 3 is 2.39 bits per heavy atom. The summed E-state index contributed by atoms with van der Waals surface area (Å²) < 4.78 is 46.3. The number of carbonyl (C=O) groups is 2. The van der Waals surface area contributed by atoms with Crippen LogP contribution in [0.1, 0.15) is 45.0 Å². The van der Waals surface area contributed by atoms with Gasteiger partial charge in [0.15, 0.2) is 29.1 Å². The van der Waals surface area contributed by atoms with Gasteiger partial charge in [0.2, 0.25) is 0 Å². The Balaban J connectivity index is 1.21. The van der Waals surface area contributed by atoms with Gasteiger partial charge < -0.3 is 25.4 Å². The van der Waals surface area contributed by atoms with Crippen LogP contribution in [-0.4, -0.2) is 58.0 Å². The summed E-state index contributed by atoms with van der Waals surface area (Å²) in [5, 5.41) is 21.8. The number of alkyl halides is 2. The number of fused-ring (bicyclic) bond motifs is 7. The molecule has 4 aliphatic carbocycles. The van der Waals surface area contributed by atoms with E-state index in [-0.39, 0.29) is 24.8 Å². The topological polar surface area (TPSA) is 119 Å². The molecule has 4 N–H and O–H groups in total. The molecule has 5 aliphatic rings. The fourth-order valence-electron chi connectivity index (χ4n) is 9.08. The maximum atomic E-state index is 17.5. The van der Waals surface area contributed by atoms with Crippen molar-refractivity contribution >= 4 is 29.0 Å². The van der Waals surface area contributed by atoms with Gasteiger partial charge in [-0.25, -0.2) is 8.78 Å². The molecule has 10 heteroatoms. The molecule has 232 valence electrons. The van der Waals surface area contributed by atoms with Crippen LogP contribution in [0.5, 0.6) is 0 Å². The summed E-state index contributed by atoms with van der Waals surface area (Å²) in [6.07, 6.45) is -1.41. The molecule has 7 rings (SSSR count). The van der Waals surface area contributed by atoms with Crippen LogP contribution in [0, 0.1) is 22.7 Å². The number of hydrogen-bond donors (Lipinski definition) is 3. The molecule has 0 radical (unpaired) electrons. The highest BCUT2D eigenvalue weighted by Crippen LogP contribution is 2.72. The van der Waals surface area contributed by atoms with Crippen molar-refractivity contribution in [1.82, 2.24) is 0 Å². The molecule has 2 aromatic carbocycles. The van der Waals surface area contributed by atoms with E-state index in [2.05, 4.69) is 0 Å². The second-order valence-electron chi connectivity index (χ2n) is 13.2. The van der Waals surface area contributed by atoms with E-state index in [1.54, 1.807) is 18.7 Å². The Morgan fingerprint density at radius 1 is 1.07 bits per heavy atom. The molecule has 1 saturated heterocycles. The van der Waals surface area contributed by atoms with Gasteiger partial charge in [-0.05, 0) is 86.2 Å². The van der Waals surface area contributed by atoms with Gasteiger partial charge in [0.25, 0.3) is 0 Å². The minimum atomic E-state index is -2.29. The molecule has 0 bridgehead atoms. The van der Waals surface area contributed by atoms with Crippen molar-refractivity contribution < 1.29 is 38.1 Å². The van der Waals surface area contributed by atoms with Crippen LogP contribution in [0.2, 0.25) is 0 Å². The van der Waals surface area contributed by atoms with Gasteiger partial charge >= 0.3 is 0 Å². The minimum Gasteiger partial charge on any atom is -0.399 e. The summed E-state index contributed by atoms with van der Waals surface area (Å²) in [5.74, 6) is -2.61. The Morgan fingerprint density at radius 2 is 1.73 bits per heavy atom. The molecule has 4 fully saturated rings. The zero-order valence-corrected chi connectivity index (χ0v) is 25.2. The number of nitrogens with two attached hydrogens (primary N) is 1. The van der Waals surface area contributed by atoms with E-state index in [1.807, 2.05) is 48.5 Å². The number of hydrogen-bond acceptors (Lipinski definition) is 8. The Kier molecular flexibility index (Phi) is 6.81. The molecule has 1 aliphatic heterocycles. The van der Waals surface area contributed by atoms with Crippen LogP contribution in [0.3, 0.4) is 0 Å². The van der Waals surface area contributed by atoms with Crippen LogP contribution in [0.4, 0.5) is 14.5 Å². The van der Waals surface area contributed by atoms with Crippen LogP contribution >= 0.6 is 11.8 Å².